The van der Waals surface area contributed by atoms with E-state index in [1.807, 2.05) is 13.8 Å². The molecule has 0 radical (unpaired) electrons. The Hall–Kier alpha value is -2.64. The van der Waals surface area contributed by atoms with Crippen molar-refractivity contribution < 1.29 is 28.7 Å². The van der Waals surface area contributed by atoms with Crippen molar-refractivity contribution in [2.45, 2.75) is 73.8 Å². The summed E-state index contributed by atoms with van der Waals surface area (Å²) in [6.45, 7) is 20.3. The van der Waals surface area contributed by atoms with Gasteiger partial charge in [-0.2, -0.15) is 0 Å². The molecule has 0 spiro atoms. The van der Waals surface area contributed by atoms with Gasteiger partial charge >= 0.3 is 11.9 Å². The lowest BCUT2D eigenvalue weighted by Crippen LogP contribution is -2.53. The van der Waals surface area contributed by atoms with Crippen LogP contribution in [0.15, 0.2) is 24.3 Å². The lowest BCUT2D eigenvalue weighted by atomic mass is 9.51. The van der Waals surface area contributed by atoms with E-state index in [2.05, 4.69) is 32.3 Å². The molecule has 0 heterocycles. The van der Waals surface area contributed by atoms with Crippen LogP contribution in [0.2, 0.25) is 0 Å². The number of primary amides is 1. The number of hydrogen-bond acceptors (Lipinski definition) is 6. The molecule has 0 aliphatic heterocycles. The zero-order chi connectivity index (χ0) is 26.4. The highest BCUT2D eigenvalue weighted by Gasteiger charge is 2.53. The third kappa shape index (κ3) is 8.29. The molecule has 1 fully saturated rings. The third-order valence-corrected chi connectivity index (χ3v) is 6.50. The van der Waals surface area contributed by atoms with Gasteiger partial charge in [0.15, 0.2) is 0 Å². The van der Waals surface area contributed by atoms with Gasteiger partial charge in [0.25, 0.3) is 0 Å². The summed E-state index contributed by atoms with van der Waals surface area (Å²) in [4.78, 5) is 49.1. The average molecular weight is 479 g/mol. The smallest absolute Gasteiger partial charge is 0.333 e. The summed E-state index contributed by atoms with van der Waals surface area (Å²) in [5, 5.41) is 2.85. The summed E-state index contributed by atoms with van der Waals surface area (Å²) in [5.74, 6) is -2.56. The van der Waals surface area contributed by atoms with Gasteiger partial charge in [-0.15, -0.1) is 0 Å². The van der Waals surface area contributed by atoms with Crippen molar-refractivity contribution in [3.05, 3.63) is 24.3 Å². The second-order valence-corrected chi connectivity index (χ2v) is 11.1. The molecule has 1 rings (SSSR count). The third-order valence-electron chi connectivity index (χ3n) is 6.50. The zero-order valence-electron chi connectivity index (χ0n) is 21.8. The molecule has 1 aliphatic carbocycles. The minimum atomic E-state index is -0.691. The van der Waals surface area contributed by atoms with Gasteiger partial charge in [0, 0.05) is 23.5 Å². The number of rotatable bonds is 11. The Morgan fingerprint density at radius 3 is 1.97 bits per heavy atom. The molecule has 8 heteroatoms. The first kappa shape index (κ1) is 29.4. The maximum Gasteiger partial charge on any atom is 0.333 e. The molecule has 0 aromatic carbocycles. The summed E-state index contributed by atoms with van der Waals surface area (Å²) < 4.78 is 10.5. The first-order valence-corrected chi connectivity index (χ1v) is 11.7. The Kier molecular flexibility index (Phi) is 10.1. The van der Waals surface area contributed by atoms with E-state index < -0.39 is 35.2 Å². The minimum Gasteiger partial charge on any atom is -0.462 e. The van der Waals surface area contributed by atoms with Gasteiger partial charge < -0.3 is 20.5 Å². The Bertz CT molecular complexity index is 833. The number of carbonyl (C=O) groups is 4. The molecule has 2 amide bonds. The number of ether oxygens (including phenoxy) is 2. The highest BCUT2D eigenvalue weighted by atomic mass is 16.5. The monoisotopic (exact) mass is 478 g/mol. The summed E-state index contributed by atoms with van der Waals surface area (Å²) in [6, 6.07) is -0.403. The molecule has 192 valence electrons. The fourth-order valence-corrected chi connectivity index (χ4v) is 5.32. The van der Waals surface area contributed by atoms with Crippen molar-refractivity contribution in [3.63, 3.8) is 0 Å². The van der Waals surface area contributed by atoms with Crippen LogP contribution in [0, 0.1) is 28.6 Å². The lowest BCUT2D eigenvalue weighted by molar-refractivity contribution is -0.147. The molecule has 1 saturated carbocycles. The Morgan fingerprint density at radius 1 is 1.00 bits per heavy atom. The SMILES string of the molecule is C=C(C)C(=O)OCC(C)NC(=O)CC1(C)CC(C)(C)CC(C(C)COC(=O)C(=C)C)C1C(N)=O. The van der Waals surface area contributed by atoms with Crippen LogP contribution >= 0.6 is 0 Å². The number of amides is 2. The fourth-order valence-electron chi connectivity index (χ4n) is 5.32. The molecular formula is C26H42N2O6. The summed E-state index contributed by atoms with van der Waals surface area (Å²) in [7, 11) is 0. The lowest BCUT2D eigenvalue weighted by Gasteiger charge is -2.52. The molecule has 34 heavy (non-hydrogen) atoms. The average Bonchev–Trinajstić information content (AvgIpc) is 2.67. The van der Waals surface area contributed by atoms with Crippen molar-refractivity contribution in [2.75, 3.05) is 13.2 Å². The highest BCUT2D eigenvalue weighted by molar-refractivity contribution is 5.87. The second-order valence-electron chi connectivity index (χ2n) is 11.1. The molecule has 0 aromatic heterocycles. The highest BCUT2D eigenvalue weighted by Crippen LogP contribution is 2.55. The standard InChI is InChI=1S/C26H42N2O6/c1-15(2)23(31)33-12-17(5)19-10-25(7,8)14-26(9,21(19)22(27)30)11-20(29)28-18(6)13-34-24(32)16(3)4/h17-19,21H,1,3,10-14H2,2,4-9H3,(H2,27,30)(H,28,29). The summed E-state index contributed by atoms with van der Waals surface area (Å²) in [6.07, 6.45) is 1.45. The summed E-state index contributed by atoms with van der Waals surface area (Å²) in [5.41, 5.74) is 5.65. The normalized spacial score (nSPS) is 25.4. The first-order valence-electron chi connectivity index (χ1n) is 11.7. The molecule has 5 unspecified atom stereocenters. The van der Waals surface area contributed by atoms with Gasteiger partial charge in [0.1, 0.15) is 6.61 Å². The van der Waals surface area contributed by atoms with Crippen molar-refractivity contribution in [1.29, 1.82) is 0 Å². The predicted molar refractivity (Wildman–Crippen MR) is 130 cm³/mol. The molecule has 0 bridgehead atoms. The van der Waals surface area contributed by atoms with E-state index in [0.29, 0.717) is 12.0 Å². The van der Waals surface area contributed by atoms with Gasteiger partial charge in [-0.3, -0.25) is 9.59 Å². The molecule has 0 saturated heterocycles. The van der Waals surface area contributed by atoms with E-state index in [1.165, 1.54) is 0 Å². The van der Waals surface area contributed by atoms with Crippen LogP contribution in [0.1, 0.15) is 67.7 Å². The maximum atomic E-state index is 13.0. The van der Waals surface area contributed by atoms with Gasteiger partial charge in [0.2, 0.25) is 11.8 Å². The van der Waals surface area contributed by atoms with Gasteiger partial charge in [-0.05, 0) is 56.3 Å². The number of carbonyl (C=O) groups excluding carboxylic acids is 4. The second kappa shape index (κ2) is 11.7. The first-order chi connectivity index (χ1) is 15.5. The molecule has 3 N–H and O–H groups in total. The summed E-state index contributed by atoms with van der Waals surface area (Å²) >= 11 is 0. The van der Waals surface area contributed by atoms with E-state index in [1.54, 1.807) is 20.8 Å². The number of nitrogens with one attached hydrogen (secondary N) is 1. The quantitative estimate of drug-likeness (QED) is 0.347. The zero-order valence-corrected chi connectivity index (χ0v) is 21.8. The molecule has 5 atom stereocenters. The molecular weight excluding hydrogens is 436 g/mol. The van der Waals surface area contributed by atoms with Gasteiger partial charge in [0.05, 0.1) is 12.6 Å². The number of hydrogen-bond donors (Lipinski definition) is 2. The molecule has 8 nitrogen and oxygen atoms in total. The number of esters is 2. The van der Waals surface area contributed by atoms with Crippen LogP contribution in [0.25, 0.3) is 0 Å². The van der Waals surface area contributed by atoms with Crippen LogP contribution in [0.4, 0.5) is 0 Å². The van der Waals surface area contributed by atoms with Gasteiger partial charge in [-0.1, -0.05) is 40.9 Å². The Morgan fingerprint density at radius 2 is 1.50 bits per heavy atom. The van der Waals surface area contributed by atoms with E-state index in [4.69, 9.17) is 15.2 Å². The van der Waals surface area contributed by atoms with Crippen LogP contribution < -0.4 is 11.1 Å². The predicted octanol–water partition coefficient (Wildman–Crippen LogP) is 3.30. The van der Waals surface area contributed by atoms with E-state index in [9.17, 15) is 19.2 Å². The van der Waals surface area contributed by atoms with Crippen molar-refractivity contribution >= 4 is 23.8 Å². The topological polar surface area (TPSA) is 125 Å². The van der Waals surface area contributed by atoms with E-state index in [-0.39, 0.29) is 48.4 Å². The molecule has 0 aromatic rings. The van der Waals surface area contributed by atoms with E-state index >= 15 is 0 Å². The maximum absolute atomic E-state index is 13.0. The van der Waals surface area contributed by atoms with Crippen LogP contribution in [-0.2, 0) is 28.7 Å². The van der Waals surface area contributed by atoms with Crippen LogP contribution in [0.3, 0.4) is 0 Å². The largest absolute Gasteiger partial charge is 0.462 e. The van der Waals surface area contributed by atoms with Crippen molar-refractivity contribution in [1.82, 2.24) is 5.32 Å². The van der Waals surface area contributed by atoms with Crippen LogP contribution in [-0.4, -0.2) is 43.0 Å². The Balaban J connectivity index is 3.01. The van der Waals surface area contributed by atoms with Crippen LogP contribution in [0.5, 0.6) is 0 Å². The van der Waals surface area contributed by atoms with Crippen molar-refractivity contribution in [2.24, 2.45) is 34.3 Å². The van der Waals surface area contributed by atoms with Gasteiger partial charge in [-0.25, -0.2) is 9.59 Å². The van der Waals surface area contributed by atoms with E-state index in [0.717, 1.165) is 6.42 Å². The number of nitrogens with two attached hydrogens (primary N) is 1. The Labute approximate surface area is 203 Å². The van der Waals surface area contributed by atoms with Crippen molar-refractivity contribution in [3.8, 4) is 0 Å². The minimum absolute atomic E-state index is 0.0205. The molecule has 1 aliphatic rings. The fraction of sp³-hybridized carbons (Fsp3) is 0.692.